The zero-order valence-electron chi connectivity index (χ0n) is 10.6. The number of hydrogen-bond acceptors (Lipinski definition) is 7. The van der Waals surface area contributed by atoms with Crippen LogP contribution < -0.4 is 15.5 Å². The quantitative estimate of drug-likeness (QED) is 0.783. The van der Waals surface area contributed by atoms with E-state index in [1.807, 2.05) is 12.1 Å². The molecule has 1 aliphatic rings. The molecule has 0 atom stereocenters. The minimum Gasteiger partial charge on any atom is -0.393 e. The normalized spacial score (nSPS) is 13.9. The van der Waals surface area contributed by atoms with E-state index in [0.29, 0.717) is 17.3 Å². The summed E-state index contributed by atoms with van der Waals surface area (Å²) >= 11 is 0. The summed E-state index contributed by atoms with van der Waals surface area (Å²) in [6, 6.07) is 4.03. The largest absolute Gasteiger partial charge is 0.393 e. The van der Waals surface area contributed by atoms with Gasteiger partial charge in [0.05, 0.1) is 12.1 Å². The van der Waals surface area contributed by atoms with Gasteiger partial charge in [-0.3, -0.25) is 0 Å². The van der Waals surface area contributed by atoms with E-state index in [1.54, 1.807) is 4.90 Å². The molecule has 2 N–H and O–H groups in total. The summed E-state index contributed by atoms with van der Waals surface area (Å²) in [6.45, 7) is 2.01. The van der Waals surface area contributed by atoms with E-state index in [-0.39, 0.29) is 13.1 Å². The molecule has 1 aromatic heterocycles. The molecule has 0 bridgehead atoms. The topological polar surface area (TPSA) is 106 Å². The second-order valence-corrected chi connectivity index (χ2v) is 4.30. The third kappa shape index (κ3) is 2.66. The fourth-order valence-electron chi connectivity index (χ4n) is 2.19. The third-order valence-corrected chi connectivity index (χ3v) is 3.07. The van der Waals surface area contributed by atoms with Crippen molar-refractivity contribution in [2.45, 2.75) is 12.8 Å². The highest BCUT2D eigenvalue weighted by molar-refractivity contribution is 5.76. The van der Waals surface area contributed by atoms with Gasteiger partial charge in [-0.15, -0.1) is 0 Å². The van der Waals surface area contributed by atoms with Crippen LogP contribution in [-0.2, 0) is 0 Å². The van der Waals surface area contributed by atoms with Gasteiger partial charge in [0, 0.05) is 13.1 Å². The Morgan fingerprint density at radius 2 is 1.84 bits per heavy atom. The van der Waals surface area contributed by atoms with Gasteiger partial charge in [0.15, 0.2) is 11.6 Å². The van der Waals surface area contributed by atoms with Crippen molar-refractivity contribution in [2.24, 2.45) is 0 Å². The maximum absolute atomic E-state index is 8.80. The fourth-order valence-corrected chi connectivity index (χ4v) is 2.19. The molecule has 0 radical (unpaired) electrons. The predicted molar refractivity (Wildman–Crippen MR) is 71.3 cm³/mol. The highest BCUT2D eigenvalue weighted by Crippen LogP contribution is 2.30. The molecule has 0 spiro atoms. The van der Waals surface area contributed by atoms with Gasteiger partial charge in [0.1, 0.15) is 25.1 Å². The summed E-state index contributed by atoms with van der Waals surface area (Å²) in [4.78, 5) is 12.0. The number of anilines is 3. The Labute approximate surface area is 111 Å². The van der Waals surface area contributed by atoms with Gasteiger partial charge in [0.2, 0.25) is 0 Å². The molecule has 7 nitrogen and oxygen atoms in total. The molecule has 0 aliphatic carbocycles. The second-order valence-electron chi connectivity index (χ2n) is 4.30. The standard InChI is InChI=1S/C12H15N7/c13-3-7-19(8-4-14)12-10(15)11(16-9-17-12)18-5-1-2-6-18/h9H,1-2,5-8,15H2. The maximum Gasteiger partial charge on any atom is 0.159 e. The van der Waals surface area contributed by atoms with E-state index in [0.717, 1.165) is 25.9 Å². The third-order valence-electron chi connectivity index (χ3n) is 3.07. The number of nitriles is 2. The number of aromatic nitrogens is 2. The minimum absolute atomic E-state index is 0.0776. The van der Waals surface area contributed by atoms with Crippen molar-refractivity contribution in [3.8, 4) is 12.1 Å². The van der Waals surface area contributed by atoms with E-state index in [4.69, 9.17) is 16.3 Å². The molecule has 1 aromatic rings. The van der Waals surface area contributed by atoms with E-state index in [9.17, 15) is 0 Å². The minimum atomic E-state index is 0.0776. The lowest BCUT2D eigenvalue weighted by atomic mass is 10.3. The molecule has 1 fully saturated rings. The van der Waals surface area contributed by atoms with Crippen molar-refractivity contribution in [1.29, 1.82) is 10.5 Å². The zero-order chi connectivity index (χ0) is 13.7. The highest BCUT2D eigenvalue weighted by atomic mass is 15.3. The van der Waals surface area contributed by atoms with Gasteiger partial charge in [-0.2, -0.15) is 10.5 Å². The van der Waals surface area contributed by atoms with Gasteiger partial charge < -0.3 is 15.5 Å². The number of nitrogen functional groups attached to an aromatic ring is 1. The molecular weight excluding hydrogens is 242 g/mol. The number of hydrogen-bond donors (Lipinski definition) is 1. The SMILES string of the molecule is N#CCN(CC#N)c1ncnc(N2CCCC2)c1N. The fraction of sp³-hybridized carbons (Fsp3) is 0.500. The van der Waals surface area contributed by atoms with E-state index < -0.39 is 0 Å². The summed E-state index contributed by atoms with van der Waals surface area (Å²) in [7, 11) is 0. The van der Waals surface area contributed by atoms with Crippen LogP contribution in [0.25, 0.3) is 0 Å². The Kier molecular flexibility index (Phi) is 3.99. The molecule has 0 aromatic carbocycles. The van der Waals surface area contributed by atoms with E-state index in [1.165, 1.54) is 6.33 Å². The summed E-state index contributed by atoms with van der Waals surface area (Å²) < 4.78 is 0. The van der Waals surface area contributed by atoms with E-state index >= 15 is 0 Å². The lowest BCUT2D eigenvalue weighted by Crippen LogP contribution is -2.28. The molecule has 2 rings (SSSR count). The Morgan fingerprint density at radius 3 is 2.42 bits per heavy atom. The number of rotatable bonds is 4. The molecule has 7 heteroatoms. The summed E-state index contributed by atoms with van der Waals surface area (Å²) in [5, 5.41) is 17.6. The summed E-state index contributed by atoms with van der Waals surface area (Å²) in [6.07, 6.45) is 3.68. The van der Waals surface area contributed by atoms with Crippen molar-refractivity contribution < 1.29 is 0 Å². The summed E-state index contributed by atoms with van der Waals surface area (Å²) in [5.41, 5.74) is 6.54. The molecule has 0 saturated carbocycles. The van der Waals surface area contributed by atoms with Gasteiger partial charge in [-0.25, -0.2) is 9.97 Å². The maximum atomic E-state index is 8.80. The molecule has 98 valence electrons. The van der Waals surface area contributed by atoms with Crippen molar-refractivity contribution in [3.63, 3.8) is 0 Å². The van der Waals surface area contributed by atoms with Crippen LogP contribution in [0.1, 0.15) is 12.8 Å². The van der Waals surface area contributed by atoms with Crippen molar-refractivity contribution in [1.82, 2.24) is 9.97 Å². The van der Waals surface area contributed by atoms with Crippen LogP contribution in [0.5, 0.6) is 0 Å². The molecule has 2 heterocycles. The molecule has 1 saturated heterocycles. The average Bonchev–Trinajstić information content (AvgIpc) is 2.93. The van der Waals surface area contributed by atoms with Gasteiger partial charge in [0.25, 0.3) is 0 Å². The van der Waals surface area contributed by atoms with Crippen molar-refractivity contribution in [3.05, 3.63) is 6.33 Å². The van der Waals surface area contributed by atoms with Crippen LogP contribution in [0.4, 0.5) is 17.3 Å². The van der Waals surface area contributed by atoms with Gasteiger partial charge in [-0.05, 0) is 12.8 Å². The first-order valence-corrected chi connectivity index (χ1v) is 6.12. The molecule has 1 aliphatic heterocycles. The van der Waals surface area contributed by atoms with Crippen LogP contribution in [0.15, 0.2) is 6.33 Å². The monoisotopic (exact) mass is 257 g/mol. The lowest BCUT2D eigenvalue weighted by molar-refractivity contribution is 0.900. The second kappa shape index (κ2) is 5.87. The van der Waals surface area contributed by atoms with Crippen molar-refractivity contribution in [2.75, 3.05) is 41.7 Å². The predicted octanol–water partition coefficient (Wildman–Crippen LogP) is 0.513. The van der Waals surface area contributed by atoms with Crippen LogP contribution in [-0.4, -0.2) is 36.1 Å². The molecular formula is C12H15N7. The first-order valence-electron chi connectivity index (χ1n) is 6.12. The highest BCUT2D eigenvalue weighted by Gasteiger charge is 2.20. The molecule has 0 unspecified atom stereocenters. The first kappa shape index (κ1) is 12.9. The van der Waals surface area contributed by atoms with Gasteiger partial charge >= 0.3 is 0 Å². The van der Waals surface area contributed by atoms with E-state index in [2.05, 4.69) is 14.9 Å². The number of nitrogens with zero attached hydrogens (tertiary/aromatic N) is 6. The van der Waals surface area contributed by atoms with Crippen LogP contribution in [0.3, 0.4) is 0 Å². The smallest absolute Gasteiger partial charge is 0.159 e. The van der Waals surface area contributed by atoms with Gasteiger partial charge in [-0.1, -0.05) is 0 Å². The van der Waals surface area contributed by atoms with Crippen LogP contribution in [0.2, 0.25) is 0 Å². The Bertz CT molecular complexity index is 506. The Hall–Kier alpha value is -2.54. The van der Waals surface area contributed by atoms with Crippen molar-refractivity contribution >= 4 is 17.3 Å². The summed E-state index contributed by atoms with van der Waals surface area (Å²) in [5.74, 6) is 1.16. The Morgan fingerprint density at radius 1 is 1.21 bits per heavy atom. The zero-order valence-corrected chi connectivity index (χ0v) is 10.6. The average molecular weight is 257 g/mol. The number of nitrogens with two attached hydrogens (primary N) is 1. The van der Waals surface area contributed by atoms with Crippen LogP contribution in [0, 0.1) is 22.7 Å². The molecule has 0 amide bonds. The Balaban J connectivity index is 2.32. The molecule has 19 heavy (non-hydrogen) atoms. The first-order chi connectivity index (χ1) is 9.27. The van der Waals surface area contributed by atoms with Crippen LogP contribution >= 0.6 is 0 Å². The lowest BCUT2D eigenvalue weighted by Gasteiger charge is -2.23.